The van der Waals surface area contributed by atoms with Crippen molar-refractivity contribution in [1.29, 1.82) is 0 Å². The number of hydrogen-bond acceptors (Lipinski definition) is 2. The van der Waals surface area contributed by atoms with E-state index < -0.39 is 0 Å². The fourth-order valence-electron chi connectivity index (χ4n) is 1.90. The molecule has 0 amide bonds. The molecule has 4 heteroatoms. The molecule has 0 aliphatic carbocycles. The van der Waals surface area contributed by atoms with Crippen LogP contribution in [0.5, 0.6) is 0 Å². The summed E-state index contributed by atoms with van der Waals surface area (Å²) >= 11 is 5.66. The van der Waals surface area contributed by atoms with Crippen molar-refractivity contribution in [3.63, 3.8) is 0 Å². The van der Waals surface area contributed by atoms with E-state index >= 15 is 0 Å². The van der Waals surface area contributed by atoms with E-state index in [2.05, 4.69) is 5.32 Å². The third-order valence-corrected chi connectivity index (χ3v) is 3.17. The number of nitrogens with one attached hydrogen (secondary N) is 1. The lowest BCUT2D eigenvalue weighted by Gasteiger charge is -2.34. The first kappa shape index (κ1) is 11.8. The third kappa shape index (κ3) is 2.37. The minimum atomic E-state index is -0.379. The summed E-state index contributed by atoms with van der Waals surface area (Å²) in [6, 6.07) is 4.90. The molecule has 0 bridgehead atoms. The Labute approximate surface area is 99.7 Å². The van der Waals surface area contributed by atoms with Crippen LogP contribution in [0.2, 0.25) is 5.02 Å². The Hall–Kier alpha value is -0.640. The minimum absolute atomic E-state index is 0.0296. The molecule has 1 saturated heterocycles. The maximum absolute atomic E-state index is 13.4. The van der Waals surface area contributed by atoms with Gasteiger partial charge < -0.3 is 10.1 Å². The topological polar surface area (TPSA) is 21.3 Å². The molecule has 1 fully saturated rings. The average Bonchev–Trinajstić information content (AvgIpc) is 2.19. The molecule has 0 unspecified atom stereocenters. The zero-order valence-corrected chi connectivity index (χ0v) is 9.93. The van der Waals surface area contributed by atoms with Crippen LogP contribution in [0.15, 0.2) is 18.2 Å². The van der Waals surface area contributed by atoms with E-state index in [-0.39, 0.29) is 16.9 Å². The van der Waals surface area contributed by atoms with E-state index in [1.807, 2.05) is 13.0 Å². The van der Waals surface area contributed by atoms with Crippen molar-refractivity contribution < 1.29 is 9.13 Å². The fraction of sp³-hybridized carbons (Fsp3) is 0.500. The van der Waals surface area contributed by atoms with E-state index in [1.165, 1.54) is 6.07 Å². The molecular formula is C12H15ClFNO. The van der Waals surface area contributed by atoms with Crippen molar-refractivity contribution in [3.05, 3.63) is 34.6 Å². The van der Waals surface area contributed by atoms with Crippen molar-refractivity contribution in [2.45, 2.75) is 13.0 Å². The zero-order chi connectivity index (χ0) is 11.5. The summed E-state index contributed by atoms with van der Waals surface area (Å²) in [5.41, 5.74) is 0.871. The molecule has 1 aliphatic rings. The van der Waals surface area contributed by atoms with Gasteiger partial charge in [0.25, 0.3) is 0 Å². The van der Waals surface area contributed by atoms with Crippen molar-refractivity contribution in [2.24, 2.45) is 5.92 Å². The Balaban J connectivity index is 2.20. The highest BCUT2D eigenvalue weighted by Gasteiger charge is 2.29. The Bertz CT molecular complexity index is 368. The van der Waals surface area contributed by atoms with Gasteiger partial charge >= 0.3 is 0 Å². The van der Waals surface area contributed by atoms with Crippen molar-refractivity contribution in [3.8, 4) is 0 Å². The Morgan fingerprint density at radius 2 is 2.31 bits per heavy atom. The van der Waals surface area contributed by atoms with Gasteiger partial charge in [0.2, 0.25) is 0 Å². The molecule has 2 nitrogen and oxygen atoms in total. The fourth-order valence-corrected chi connectivity index (χ4v) is 2.02. The van der Waals surface area contributed by atoms with E-state index in [4.69, 9.17) is 16.3 Å². The second-order valence-corrected chi connectivity index (χ2v) is 4.38. The summed E-state index contributed by atoms with van der Waals surface area (Å²) in [6.45, 7) is 4.43. The van der Waals surface area contributed by atoms with Crippen LogP contribution in [0.4, 0.5) is 4.39 Å². The van der Waals surface area contributed by atoms with Gasteiger partial charge in [-0.2, -0.15) is 0 Å². The molecule has 1 aromatic carbocycles. The molecule has 1 aromatic rings. The summed E-state index contributed by atoms with van der Waals surface area (Å²) in [6.07, 6.45) is -0.0296. The molecule has 1 atom stereocenters. The molecule has 2 rings (SSSR count). The van der Waals surface area contributed by atoms with Gasteiger partial charge in [-0.1, -0.05) is 17.7 Å². The van der Waals surface area contributed by atoms with Gasteiger partial charge in [-0.3, -0.25) is 0 Å². The van der Waals surface area contributed by atoms with Gasteiger partial charge in [-0.15, -0.1) is 0 Å². The standard InChI is InChI=1S/C12H15ClFNO/c1-2-16-12(9-6-15-7-9)8-3-4-10(13)11(14)5-8/h3-5,9,12,15H,2,6-7H2,1H3/t12-/m0/s1. The molecule has 1 aliphatic heterocycles. The van der Waals surface area contributed by atoms with Gasteiger partial charge in [-0.25, -0.2) is 4.39 Å². The Morgan fingerprint density at radius 3 is 2.81 bits per heavy atom. The van der Waals surface area contributed by atoms with Crippen LogP contribution in [-0.2, 0) is 4.74 Å². The molecule has 1 N–H and O–H groups in total. The third-order valence-electron chi connectivity index (χ3n) is 2.86. The summed E-state index contributed by atoms with van der Waals surface area (Å²) < 4.78 is 19.0. The van der Waals surface area contributed by atoms with Crippen LogP contribution in [-0.4, -0.2) is 19.7 Å². The summed E-state index contributed by atoms with van der Waals surface area (Å²) in [5.74, 6) is 0.0525. The molecule has 0 radical (unpaired) electrons. The van der Waals surface area contributed by atoms with E-state index in [9.17, 15) is 4.39 Å². The number of rotatable bonds is 4. The summed E-state index contributed by atoms with van der Waals surface area (Å²) in [7, 11) is 0. The monoisotopic (exact) mass is 243 g/mol. The van der Waals surface area contributed by atoms with Gasteiger partial charge in [0.05, 0.1) is 11.1 Å². The molecular weight excluding hydrogens is 229 g/mol. The van der Waals surface area contributed by atoms with Gasteiger partial charge in [0.15, 0.2) is 0 Å². The van der Waals surface area contributed by atoms with Crippen LogP contribution in [0.3, 0.4) is 0 Å². The largest absolute Gasteiger partial charge is 0.373 e. The normalized spacial score (nSPS) is 18.2. The lowest BCUT2D eigenvalue weighted by molar-refractivity contribution is 0.000263. The van der Waals surface area contributed by atoms with Crippen molar-refractivity contribution in [2.75, 3.05) is 19.7 Å². The minimum Gasteiger partial charge on any atom is -0.373 e. The number of hydrogen-bond donors (Lipinski definition) is 1. The van der Waals surface area contributed by atoms with Crippen LogP contribution in [0, 0.1) is 11.7 Å². The van der Waals surface area contributed by atoms with Crippen molar-refractivity contribution >= 4 is 11.6 Å². The molecule has 16 heavy (non-hydrogen) atoms. The quantitative estimate of drug-likeness (QED) is 0.878. The Kier molecular flexibility index (Phi) is 3.79. The maximum Gasteiger partial charge on any atom is 0.142 e. The van der Waals surface area contributed by atoms with Gasteiger partial charge in [-0.05, 0) is 24.6 Å². The van der Waals surface area contributed by atoms with Gasteiger partial charge in [0, 0.05) is 25.6 Å². The molecule has 0 saturated carbocycles. The smallest absolute Gasteiger partial charge is 0.142 e. The first-order valence-electron chi connectivity index (χ1n) is 5.49. The summed E-state index contributed by atoms with van der Waals surface area (Å²) in [5, 5.41) is 3.35. The van der Waals surface area contributed by atoms with Crippen LogP contribution >= 0.6 is 11.6 Å². The highest BCUT2D eigenvalue weighted by atomic mass is 35.5. The maximum atomic E-state index is 13.4. The first-order chi connectivity index (χ1) is 7.72. The lowest BCUT2D eigenvalue weighted by Crippen LogP contribution is -2.46. The van der Waals surface area contributed by atoms with Crippen LogP contribution in [0.25, 0.3) is 0 Å². The predicted octanol–water partition coefficient (Wildman–Crippen LogP) is 2.78. The zero-order valence-electron chi connectivity index (χ0n) is 9.17. The van der Waals surface area contributed by atoms with E-state index in [0.717, 1.165) is 18.7 Å². The first-order valence-corrected chi connectivity index (χ1v) is 5.87. The van der Waals surface area contributed by atoms with E-state index in [0.29, 0.717) is 12.5 Å². The highest BCUT2D eigenvalue weighted by molar-refractivity contribution is 6.30. The summed E-state index contributed by atoms with van der Waals surface area (Å²) in [4.78, 5) is 0. The second kappa shape index (κ2) is 5.13. The molecule has 1 heterocycles. The second-order valence-electron chi connectivity index (χ2n) is 3.97. The van der Waals surface area contributed by atoms with Crippen LogP contribution in [0.1, 0.15) is 18.6 Å². The molecule has 0 spiro atoms. The Morgan fingerprint density at radius 1 is 1.56 bits per heavy atom. The van der Waals surface area contributed by atoms with E-state index in [1.54, 1.807) is 6.07 Å². The highest BCUT2D eigenvalue weighted by Crippen LogP contribution is 2.30. The SMILES string of the molecule is CCO[C@@H](c1ccc(Cl)c(F)c1)C1CNC1. The average molecular weight is 244 g/mol. The van der Waals surface area contributed by atoms with Gasteiger partial charge in [0.1, 0.15) is 5.82 Å². The number of halogens is 2. The van der Waals surface area contributed by atoms with Crippen LogP contribution < -0.4 is 5.32 Å². The molecule has 88 valence electrons. The predicted molar refractivity (Wildman–Crippen MR) is 62.1 cm³/mol. The molecule has 0 aromatic heterocycles. The lowest BCUT2D eigenvalue weighted by atomic mass is 9.91. The number of ether oxygens (including phenoxy) is 1. The van der Waals surface area contributed by atoms with Crippen molar-refractivity contribution in [1.82, 2.24) is 5.32 Å². The number of benzene rings is 1.